The molecule has 1 aliphatic heterocycles. The third kappa shape index (κ3) is 5.53. The standard InChI is InChI=1S/C27H30ClN3OS/c28-20-10-11-25-23(16-20)27(22-8-4-5-9-24(22)30-25)33-18-26(32)29-21-12-14-31(15-13-21)17-19-6-2-1-3-7-19/h1-3,6-7,10-11,16,21H,4-5,8-9,12-15,17-18H2,(H,29,32). The van der Waals surface area contributed by atoms with Crippen molar-refractivity contribution in [2.45, 2.75) is 56.0 Å². The van der Waals surface area contributed by atoms with Gasteiger partial charge in [-0.15, -0.1) is 11.8 Å². The molecule has 1 N–H and O–H groups in total. The van der Waals surface area contributed by atoms with Gasteiger partial charge < -0.3 is 5.32 Å². The van der Waals surface area contributed by atoms with Crippen LogP contribution in [-0.2, 0) is 24.2 Å². The van der Waals surface area contributed by atoms with Gasteiger partial charge in [0.1, 0.15) is 0 Å². The van der Waals surface area contributed by atoms with Crippen LogP contribution < -0.4 is 5.32 Å². The highest BCUT2D eigenvalue weighted by Gasteiger charge is 2.22. The van der Waals surface area contributed by atoms with Crippen molar-refractivity contribution in [3.05, 3.63) is 70.4 Å². The number of carbonyl (C=O) groups is 1. The first-order chi connectivity index (χ1) is 16.2. The molecule has 1 fully saturated rings. The number of aryl methyl sites for hydroxylation is 1. The average Bonchev–Trinajstić information content (AvgIpc) is 2.84. The maximum atomic E-state index is 12.8. The molecule has 5 rings (SSSR count). The Morgan fingerprint density at radius 2 is 1.88 bits per heavy atom. The van der Waals surface area contributed by atoms with Gasteiger partial charge in [-0.05, 0) is 67.9 Å². The fraction of sp³-hybridized carbons (Fsp3) is 0.407. The molecule has 0 radical (unpaired) electrons. The van der Waals surface area contributed by atoms with Crippen LogP contribution in [0.2, 0.25) is 5.02 Å². The number of pyridine rings is 1. The molecule has 2 heterocycles. The molecule has 172 valence electrons. The largest absolute Gasteiger partial charge is 0.353 e. The van der Waals surface area contributed by atoms with Gasteiger partial charge in [-0.2, -0.15) is 0 Å². The SMILES string of the molecule is O=C(CSc1c2c(nc3ccc(Cl)cc13)CCCC2)NC1CCN(Cc2ccccc2)CC1. The predicted octanol–water partition coefficient (Wildman–Crippen LogP) is 5.64. The van der Waals surface area contributed by atoms with Crippen molar-refractivity contribution in [3.63, 3.8) is 0 Å². The second-order valence-corrected chi connectivity index (χ2v) is 10.5. The summed E-state index contributed by atoms with van der Waals surface area (Å²) in [7, 11) is 0. The van der Waals surface area contributed by atoms with Gasteiger partial charge in [0.15, 0.2) is 0 Å². The Kier molecular flexibility index (Phi) is 7.19. The third-order valence-electron chi connectivity index (χ3n) is 6.72. The minimum atomic E-state index is 0.123. The van der Waals surface area contributed by atoms with Gasteiger partial charge >= 0.3 is 0 Å². The summed E-state index contributed by atoms with van der Waals surface area (Å²) < 4.78 is 0. The predicted molar refractivity (Wildman–Crippen MR) is 137 cm³/mol. The van der Waals surface area contributed by atoms with E-state index in [1.165, 1.54) is 34.6 Å². The molecule has 0 spiro atoms. The summed E-state index contributed by atoms with van der Waals surface area (Å²) in [6.07, 6.45) is 6.44. The highest BCUT2D eigenvalue weighted by atomic mass is 35.5. The lowest BCUT2D eigenvalue weighted by Crippen LogP contribution is -2.44. The van der Waals surface area contributed by atoms with Crippen molar-refractivity contribution in [1.29, 1.82) is 0 Å². The Balaban J connectivity index is 1.19. The van der Waals surface area contributed by atoms with E-state index in [-0.39, 0.29) is 11.9 Å². The van der Waals surface area contributed by atoms with Gasteiger partial charge in [-0.1, -0.05) is 41.9 Å². The van der Waals surface area contributed by atoms with Gasteiger partial charge in [0, 0.05) is 46.7 Å². The van der Waals surface area contributed by atoms with Crippen molar-refractivity contribution >= 4 is 40.2 Å². The lowest BCUT2D eigenvalue weighted by Gasteiger charge is -2.32. The Hall–Kier alpha value is -2.08. The quantitative estimate of drug-likeness (QED) is 0.465. The van der Waals surface area contributed by atoms with E-state index in [2.05, 4.69) is 40.5 Å². The number of rotatable bonds is 6. The second kappa shape index (κ2) is 10.5. The van der Waals surface area contributed by atoms with E-state index in [0.29, 0.717) is 10.8 Å². The number of nitrogens with one attached hydrogen (secondary N) is 1. The van der Waals surface area contributed by atoms with Crippen LogP contribution in [0.5, 0.6) is 0 Å². The van der Waals surface area contributed by atoms with Crippen molar-refractivity contribution < 1.29 is 4.79 Å². The maximum absolute atomic E-state index is 12.8. The number of carbonyl (C=O) groups excluding carboxylic acids is 1. The first-order valence-corrected chi connectivity index (χ1v) is 13.3. The van der Waals surface area contributed by atoms with E-state index >= 15 is 0 Å². The summed E-state index contributed by atoms with van der Waals surface area (Å²) in [6, 6.07) is 16.8. The number of fused-ring (bicyclic) bond motifs is 2. The van der Waals surface area contributed by atoms with E-state index in [0.717, 1.165) is 56.2 Å². The summed E-state index contributed by atoms with van der Waals surface area (Å²) in [5, 5.41) is 5.08. The molecule has 2 aromatic carbocycles. The van der Waals surface area contributed by atoms with Crippen LogP contribution in [0.15, 0.2) is 53.4 Å². The Labute approximate surface area is 205 Å². The van der Waals surface area contributed by atoms with Crippen LogP contribution in [-0.4, -0.2) is 40.7 Å². The van der Waals surface area contributed by atoms with E-state index < -0.39 is 0 Å². The molecule has 1 saturated heterocycles. The molecule has 2 aliphatic rings. The van der Waals surface area contributed by atoms with Crippen molar-refractivity contribution in [3.8, 4) is 0 Å². The number of nitrogens with zero attached hydrogens (tertiary/aromatic N) is 2. The van der Waals surface area contributed by atoms with Crippen LogP contribution in [0.1, 0.15) is 42.5 Å². The molecule has 1 amide bonds. The molecular formula is C27H30ClN3OS. The summed E-state index contributed by atoms with van der Waals surface area (Å²) >= 11 is 7.96. The van der Waals surface area contributed by atoms with E-state index in [9.17, 15) is 4.79 Å². The first kappa shape index (κ1) is 22.7. The summed E-state index contributed by atoms with van der Waals surface area (Å²) in [5.41, 5.74) is 4.85. The molecule has 33 heavy (non-hydrogen) atoms. The van der Waals surface area contributed by atoms with Gasteiger partial charge in [-0.25, -0.2) is 0 Å². The molecule has 0 bridgehead atoms. The number of benzene rings is 2. The Bertz CT molecular complexity index is 1130. The third-order valence-corrected chi connectivity index (χ3v) is 8.12. The zero-order valence-corrected chi connectivity index (χ0v) is 20.4. The van der Waals surface area contributed by atoms with Crippen LogP contribution in [0, 0.1) is 0 Å². The van der Waals surface area contributed by atoms with E-state index in [1.54, 1.807) is 11.8 Å². The molecule has 0 atom stereocenters. The number of hydrogen-bond donors (Lipinski definition) is 1. The number of likely N-dealkylation sites (tertiary alicyclic amines) is 1. The molecule has 0 saturated carbocycles. The van der Waals surface area contributed by atoms with E-state index in [1.807, 2.05) is 18.2 Å². The fourth-order valence-electron chi connectivity index (χ4n) is 5.00. The smallest absolute Gasteiger partial charge is 0.230 e. The first-order valence-electron chi connectivity index (χ1n) is 11.9. The number of piperidine rings is 1. The average molecular weight is 480 g/mol. The molecular weight excluding hydrogens is 450 g/mol. The molecule has 1 aromatic heterocycles. The van der Waals surface area contributed by atoms with Crippen molar-refractivity contribution in [2.24, 2.45) is 0 Å². The van der Waals surface area contributed by atoms with Gasteiger partial charge in [0.2, 0.25) is 5.91 Å². The minimum absolute atomic E-state index is 0.123. The summed E-state index contributed by atoms with van der Waals surface area (Å²) in [4.78, 5) is 21.4. The highest BCUT2D eigenvalue weighted by molar-refractivity contribution is 8.00. The minimum Gasteiger partial charge on any atom is -0.353 e. The highest BCUT2D eigenvalue weighted by Crippen LogP contribution is 2.37. The zero-order valence-electron chi connectivity index (χ0n) is 18.9. The molecule has 6 heteroatoms. The summed E-state index contributed by atoms with van der Waals surface area (Å²) in [5.74, 6) is 0.556. The number of thioether (sulfide) groups is 1. The van der Waals surface area contributed by atoms with Crippen LogP contribution in [0.3, 0.4) is 0 Å². The van der Waals surface area contributed by atoms with Crippen molar-refractivity contribution in [2.75, 3.05) is 18.8 Å². The lowest BCUT2D eigenvalue weighted by molar-refractivity contribution is -0.119. The van der Waals surface area contributed by atoms with Crippen LogP contribution in [0.25, 0.3) is 10.9 Å². The number of hydrogen-bond acceptors (Lipinski definition) is 4. The molecule has 3 aromatic rings. The van der Waals surface area contributed by atoms with Crippen LogP contribution in [0.4, 0.5) is 0 Å². The topological polar surface area (TPSA) is 45.2 Å². The van der Waals surface area contributed by atoms with Gasteiger partial charge in [0.25, 0.3) is 0 Å². The molecule has 1 aliphatic carbocycles. The lowest BCUT2D eigenvalue weighted by atomic mass is 9.94. The number of aromatic nitrogens is 1. The van der Waals surface area contributed by atoms with Crippen LogP contribution >= 0.6 is 23.4 Å². The monoisotopic (exact) mass is 479 g/mol. The number of halogens is 1. The Morgan fingerprint density at radius 1 is 1.09 bits per heavy atom. The van der Waals surface area contributed by atoms with Crippen molar-refractivity contribution in [1.82, 2.24) is 15.2 Å². The van der Waals surface area contributed by atoms with E-state index in [4.69, 9.17) is 16.6 Å². The fourth-order valence-corrected chi connectivity index (χ4v) is 6.25. The number of amides is 1. The second-order valence-electron chi connectivity index (χ2n) is 9.13. The summed E-state index contributed by atoms with van der Waals surface area (Å²) in [6.45, 7) is 3.03. The molecule has 0 unspecified atom stereocenters. The maximum Gasteiger partial charge on any atom is 0.230 e. The Morgan fingerprint density at radius 3 is 2.70 bits per heavy atom. The van der Waals surface area contributed by atoms with Gasteiger partial charge in [0.05, 0.1) is 11.3 Å². The van der Waals surface area contributed by atoms with Gasteiger partial charge in [-0.3, -0.25) is 14.7 Å². The zero-order chi connectivity index (χ0) is 22.6. The molecule has 4 nitrogen and oxygen atoms in total. The normalized spacial score (nSPS) is 17.1.